The van der Waals surface area contributed by atoms with Crippen LogP contribution in [0.1, 0.15) is 26.5 Å². The smallest absolute Gasteiger partial charge is 0.407 e. The Labute approximate surface area is 173 Å². The van der Waals surface area contributed by atoms with Gasteiger partial charge in [-0.3, -0.25) is 0 Å². The third-order valence-electron chi connectivity index (χ3n) is 4.45. The molecule has 0 saturated carbocycles. The number of aromatic amines is 1. The number of sulfonamides is 1. The number of pyridine rings is 1. The number of amides is 1. The van der Waals surface area contributed by atoms with E-state index in [0.29, 0.717) is 0 Å². The van der Waals surface area contributed by atoms with Gasteiger partial charge in [0.1, 0.15) is 9.86 Å². The third-order valence-corrected chi connectivity index (χ3v) is 7.52. The Morgan fingerprint density at radius 2 is 2.03 bits per heavy atom. The van der Waals surface area contributed by atoms with Gasteiger partial charge in [0.05, 0.1) is 0 Å². The molecule has 156 valence electrons. The Hall–Kier alpha value is -2.43. The van der Waals surface area contributed by atoms with E-state index in [1.54, 1.807) is 39.1 Å². The molecule has 10 heteroatoms. The summed E-state index contributed by atoms with van der Waals surface area (Å²) in [6.45, 7) is 7.29. The topological polar surface area (TPSA) is 115 Å². The van der Waals surface area contributed by atoms with E-state index in [0.717, 1.165) is 27.2 Å². The standard InChI is InChI=1S/C19H24N4O4S2/c1-12-11-14-13(7-8-20-17(14)22-12)15-5-6-16(28-15)29(26,27)21-9-10-23(18(24)25)19(2,3)4/h5-8,11,21H,9-10H2,1-4H3,(H,20,22)(H,24,25). The van der Waals surface area contributed by atoms with E-state index in [4.69, 9.17) is 0 Å². The quantitative estimate of drug-likeness (QED) is 0.545. The van der Waals surface area contributed by atoms with Gasteiger partial charge in [0.25, 0.3) is 0 Å². The van der Waals surface area contributed by atoms with Gasteiger partial charge in [0.15, 0.2) is 0 Å². The number of carbonyl (C=O) groups is 1. The van der Waals surface area contributed by atoms with Gasteiger partial charge in [-0.2, -0.15) is 0 Å². The van der Waals surface area contributed by atoms with Crippen molar-refractivity contribution in [2.45, 2.75) is 37.4 Å². The van der Waals surface area contributed by atoms with Crippen molar-refractivity contribution in [1.82, 2.24) is 19.6 Å². The summed E-state index contributed by atoms with van der Waals surface area (Å²) in [6.07, 6.45) is 0.603. The molecule has 0 fully saturated rings. The van der Waals surface area contributed by atoms with Gasteiger partial charge in [-0.05, 0) is 52.0 Å². The fourth-order valence-corrected chi connectivity index (χ4v) is 5.47. The third kappa shape index (κ3) is 4.60. The lowest BCUT2D eigenvalue weighted by molar-refractivity contribution is 0.102. The lowest BCUT2D eigenvalue weighted by Gasteiger charge is -2.33. The van der Waals surface area contributed by atoms with Crippen LogP contribution in [0.4, 0.5) is 4.79 Å². The first kappa shape index (κ1) is 21.3. The lowest BCUT2D eigenvalue weighted by Crippen LogP contribution is -2.48. The van der Waals surface area contributed by atoms with E-state index in [-0.39, 0.29) is 17.3 Å². The second-order valence-corrected chi connectivity index (χ2v) is 10.8. The van der Waals surface area contributed by atoms with Crippen LogP contribution in [0.2, 0.25) is 0 Å². The zero-order chi connectivity index (χ0) is 21.4. The molecule has 0 atom stereocenters. The molecule has 3 aromatic rings. The molecule has 8 nitrogen and oxygen atoms in total. The van der Waals surface area contributed by atoms with Crippen molar-refractivity contribution in [3.8, 4) is 10.4 Å². The monoisotopic (exact) mass is 436 g/mol. The Bertz CT molecular complexity index is 1140. The van der Waals surface area contributed by atoms with Gasteiger partial charge in [-0.15, -0.1) is 11.3 Å². The minimum atomic E-state index is -3.74. The number of aromatic nitrogens is 2. The van der Waals surface area contributed by atoms with E-state index >= 15 is 0 Å². The molecule has 0 radical (unpaired) electrons. The number of hydrogen-bond acceptors (Lipinski definition) is 5. The second kappa shape index (κ2) is 7.77. The lowest BCUT2D eigenvalue weighted by atomic mass is 10.1. The molecule has 29 heavy (non-hydrogen) atoms. The number of rotatable bonds is 6. The molecular formula is C19H24N4O4S2. The summed E-state index contributed by atoms with van der Waals surface area (Å²) < 4.78 is 28.0. The van der Waals surface area contributed by atoms with Crippen molar-refractivity contribution in [2.75, 3.05) is 13.1 Å². The van der Waals surface area contributed by atoms with Gasteiger partial charge >= 0.3 is 6.09 Å². The molecule has 0 aliphatic rings. The summed E-state index contributed by atoms with van der Waals surface area (Å²) in [7, 11) is -3.74. The van der Waals surface area contributed by atoms with E-state index in [1.807, 2.05) is 19.1 Å². The molecule has 0 aromatic carbocycles. The van der Waals surface area contributed by atoms with Crippen molar-refractivity contribution in [3.63, 3.8) is 0 Å². The summed E-state index contributed by atoms with van der Waals surface area (Å²) >= 11 is 1.17. The predicted molar refractivity (Wildman–Crippen MR) is 114 cm³/mol. The van der Waals surface area contributed by atoms with Crippen LogP contribution in [0.3, 0.4) is 0 Å². The Kier molecular flexibility index (Phi) is 5.70. The highest BCUT2D eigenvalue weighted by atomic mass is 32.2. The second-order valence-electron chi connectivity index (χ2n) is 7.69. The highest BCUT2D eigenvalue weighted by Gasteiger charge is 2.26. The van der Waals surface area contributed by atoms with Crippen LogP contribution in [0.25, 0.3) is 21.5 Å². The predicted octanol–water partition coefficient (Wildman–Crippen LogP) is 3.66. The Morgan fingerprint density at radius 3 is 2.69 bits per heavy atom. The summed E-state index contributed by atoms with van der Waals surface area (Å²) in [4.78, 5) is 20.9. The first-order chi connectivity index (χ1) is 13.5. The number of thiophene rings is 1. The zero-order valence-electron chi connectivity index (χ0n) is 16.7. The van der Waals surface area contributed by atoms with Gasteiger partial charge in [0.2, 0.25) is 10.0 Å². The fourth-order valence-electron chi connectivity index (χ4n) is 3.06. The molecule has 0 spiro atoms. The van der Waals surface area contributed by atoms with Crippen molar-refractivity contribution in [3.05, 3.63) is 36.2 Å². The largest absolute Gasteiger partial charge is 0.465 e. The molecule has 0 saturated heterocycles. The maximum absolute atomic E-state index is 12.7. The van der Waals surface area contributed by atoms with Crippen molar-refractivity contribution >= 4 is 38.5 Å². The van der Waals surface area contributed by atoms with Crippen LogP contribution in [-0.2, 0) is 10.0 Å². The van der Waals surface area contributed by atoms with Crippen LogP contribution in [0.5, 0.6) is 0 Å². The van der Waals surface area contributed by atoms with Crippen LogP contribution in [0.15, 0.2) is 34.7 Å². The summed E-state index contributed by atoms with van der Waals surface area (Å²) in [5, 5.41) is 10.3. The SMILES string of the molecule is Cc1cc2c(-c3ccc(S(=O)(=O)NCCN(C(=O)O)C(C)(C)C)s3)ccnc2[nH]1. The van der Waals surface area contributed by atoms with E-state index in [2.05, 4.69) is 14.7 Å². The van der Waals surface area contributed by atoms with E-state index < -0.39 is 21.7 Å². The molecule has 3 rings (SSSR count). The number of H-pyrrole nitrogens is 1. The number of fused-ring (bicyclic) bond motifs is 1. The fraction of sp³-hybridized carbons (Fsp3) is 0.368. The molecule has 0 aliphatic heterocycles. The molecule has 3 N–H and O–H groups in total. The Morgan fingerprint density at radius 1 is 1.31 bits per heavy atom. The molecule has 3 heterocycles. The summed E-state index contributed by atoms with van der Waals surface area (Å²) in [5.74, 6) is 0. The molecule has 0 aliphatic carbocycles. The van der Waals surface area contributed by atoms with Gasteiger partial charge in [0, 0.05) is 46.3 Å². The van der Waals surface area contributed by atoms with Crippen LogP contribution in [0, 0.1) is 6.92 Å². The Balaban J connectivity index is 1.77. The minimum absolute atomic E-state index is 0.00432. The van der Waals surface area contributed by atoms with E-state index in [1.165, 1.54) is 16.2 Å². The normalized spacial score (nSPS) is 12.4. The summed E-state index contributed by atoms with van der Waals surface area (Å²) in [5.41, 5.74) is 2.03. The van der Waals surface area contributed by atoms with Crippen LogP contribution >= 0.6 is 11.3 Å². The van der Waals surface area contributed by atoms with Crippen LogP contribution in [-0.4, -0.2) is 53.1 Å². The molecule has 0 unspecified atom stereocenters. The number of nitrogens with one attached hydrogen (secondary N) is 2. The highest BCUT2D eigenvalue weighted by molar-refractivity contribution is 7.91. The molecule has 3 aromatic heterocycles. The van der Waals surface area contributed by atoms with Crippen molar-refractivity contribution in [1.29, 1.82) is 0 Å². The van der Waals surface area contributed by atoms with Crippen molar-refractivity contribution in [2.24, 2.45) is 0 Å². The number of aryl methyl sites for hydroxylation is 1. The first-order valence-corrected chi connectivity index (χ1v) is 11.3. The number of carboxylic acid groups (broad SMARTS) is 1. The highest BCUT2D eigenvalue weighted by Crippen LogP contribution is 2.34. The maximum atomic E-state index is 12.7. The zero-order valence-corrected chi connectivity index (χ0v) is 18.3. The average Bonchev–Trinajstić information content (AvgIpc) is 3.22. The number of hydrogen-bond donors (Lipinski definition) is 3. The maximum Gasteiger partial charge on any atom is 0.407 e. The number of nitrogens with zero attached hydrogens (tertiary/aromatic N) is 2. The minimum Gasteiger partial charge on any atom is -0.465 e. The van der Waals surface area contributed by atoms with Gasteiger partial charge in [-0.1, -0.05) is 0 Å². The molecular weight excluding hydrogens is 412 g/mol. The van der Waals surface area contributed by atoms with Gasteiger partial charge in [-0.25, -0.2) is 22.9 Å². The molecule has 1 amide bonds. The van der Waals surface area contributed by atoms with Crippen molar-refractivity contribution < 1.29 is 18.3 Å². The first-order valence-electron chi connectivity index (χ1n) is 9.04. The molecule has 0 bridgehead atoms. The van der Waals surface area contributed by atoms with Gasteiger partial charge < -0.3 is 15.0 Å². The van der Waals surface area contributed by atoms with Crippen LogP contribution < -0.4 is 4.72 Å². The summed E-state index contributed by atoms with van der Waals surface area (Å²) in [6, 6.07) is 7.18. The average molecular weight is 437 g/mol. The van der Waals surface area contributed by atoms with E-state index in [9.17, 15) is 18.3 Å².